The Morgan fingerprint density at radius 2 is 1.85 bits per heavy atom. The first-order chi connectivity index (χ1) is 19.1. The summed E-state index contributed by atoms with van der Waals surface area (Å²) in [5.41, 5.74) is 5.22. The second kappa shape index (κ2) is 13.9. The van der Waals surface area contributed by atoms with Crippen molar-refractivity contribution in [2.75, 3.05) is 31.6 Å². The highest BCUT2D eigenvalue weighted by molar-refractivity contribution is 6.35. The summed E-state index contributed by atoms with van der Waals surface area (Å²) in [6, 6.07) is 12.0. The summed E-state index contributed by atoms with van der Waals surface area (Å²) >= 11 is 12.1. The average Bonchev–Trinajstić information content (AvgIpc) is 2.90. The number of nitrogens with one attached hydrogen (secondary N) is 3. The van der Waals surface area contributed by atoms with E-state index in [0.29, 0.717) is 46.5 Å². The third kappa shape index (κ3) is 8.99. The number of halogens is 5. The molecule has 0 spiro atoms. The lowest BCUT2D eigenvalue weighted by molar-refractivity contribution is -0.182. The first-order valence-electron chi connectivity index (χ1n) is 13.4. The minimum absolute atomic E-state index is 0.0800. The monoisotopic (exact) mass is 599 g/mol. The van der Waals surface area contributed by atoms with Crippen LogP contribution in [0.25, 0.3) is 0 Å². The standard InChI is InChI=1S/C28H34Cl2F3N5O2/c1-18-17-38(14-13-34-18)37-27(36-24-10-5-21(6-11-24)28(31,32)33)35-23-8-3-20(4-9-23)26(39)40-15-12-19-2-7-22(29)16-25(19)30/h2-4,7-9,16,18,21,24,34H,5-6,10-15,17H2,1H3,(H2,35,36,37). The molecule has 1 saturated carbocycles. The highest BCUT2D eigenvalue weighted by Crippen LogP contribution is 2.38. The highest BCUT2D eigenvalue weighted by atomic mass is 35.5. The Kier molecular flexibility index (Phi) is 10.6. The molecular weight excluding hydrogens is 566 g/mol. The van der Waals surface area contributed by atoms with Crippen molar-refractivity contribution in [3.63, 3.8) is 0 Å². The number of esters is 1. The van der Waals surface area contributed by atoms with E-state index in [1.54, 1.807) is 42.5 Å². The van der Waals surface area contributed by atoms with Gasteiger partial charge < -0.3 is 15.4 Å². The lowest BCUT2D eigenvalue weighted by atomic mass is 9.86. The van der Waals surface area contributed by atoms with E-state index in [0.717, 1.165) is 25.2 Å². The van der Waals surface area contributed by atoms with Gasteiger partial charge in [0, 0.05) is 47.8 Å². The number of hydrogen-bond acceptors (Lipinski definition) is 5. The second-order valence-electron chi connectivity index (χ2n) is 10.3. The second-order valence-corrected chi connectivity index (χ2v) is 11.1. The van der Waals surface area contributed by atoms with Crippen LogP contribution in [0.15, 0.2) is 47.5 Å². The van der Waals surface area contributed by atoms with Crippen LogP contribution in [0.3, 0.4) is 0 Å². The van der Waals surface area contributed by atoms with Crippen molar-refractivity contribution < 1.29 is 22.7 Å². The van der Waals surface area contributed by atoms with Crippen molar-refractivity contribution in [3.05, 3.63) is 63.6 Å². The summed E-state index contributed by atoms with van der Waals surface area (Å²) in [4.78, 5) is 17.3. The van der Waals surface area contributed by atoms with Gasteiger partial charge in [0.2, 0.25) is 5.96 Å². The molecular formula is C28H34Cl2F3N5O2. The number of hydrogen-bond donors (Lipinski definition) is 3. The summed E-state index contributed by atoms with van der Waals surface area (Å²) in [7, 11) is 0. The molecule has 0 radical (unpaired) electrons. The first kappa shape index (κ1) is 30.4. The van der Waals surface area contributed by atoms with Crippen LogP contribution in [0.5, 0.6) is 0 Å². The summed E-state index contributed by atoms with van der Waals surface area (Å²) in [6.45, 7) is 4.55. The summed E-state index contributed by atoms with van der Waals surface area (Å²) in [5, 5.41) is 9.72. The van der Waals surface area contributed by atoms with Crippen LogP contribution in [0.2, 0.25) is 10.0 Å². The van der Waals surface area contributed by atoms with Crippen LogP contribution in [0.1, 0.15) is 48.5 Å². The van der Waals surface area contributed by atoms with Crippen molar-refractivity contribution in [2.24, 2.45) is 10.9 Å². The fourth-order valence-electron chi connectivity index (χ4n) is 4.88. The van der Waals surface area contributed by atoms with E-state index >= 15 is 0 Å². The SMILES string of the molecule is CC1CN(NC(=NC2CCC(C(F)(F)F)CC2)Nc2ccc(C(=O)OCCc3ccc(Cl)cc3Cl)cc2)CCN1. The van der Waals surface area contributed by atoms with Gasteiger partial charge in [-0.2, -0.15) is 13.2 Å². The van der Waals surface area contributed by atoms with E-state index in [-0.39, 0.29) is 31.5 Å². The van der Waals surface area contributed by atoms with Crippen LogP contribution in [0, 0.1) is 5.92 Å². The Morgan fingerprint density at radius 3 is 2.50 bits per heavy atom. The van der Waals surface area contributed by atoms with Gasteiger partial charge in [-0.15, -0.1) is 0 Å². The number of guanidine groups is 1. The van der Waals surface area contributed by atoms with E-state index in [4.69, 9.17) is 32.9 Å². The number of rotatable bonds is 7. The Bertz CT molecular complexity index is 1170. The molecule has 0 aromatic heterocycles. The maximum atomic E-state index is 13.1. The normalized spacial score (nSPS) is 22.6. The first-order valence-corrected chi connectivity index (χ1v) is 14.2. The Labute approximate surface area is 242 Å². The Hall–Kier alpha value is -2.53. The van der Waals surface area contributed by atoms with Crippen LogP contribution in [-0.4, -0.2) is 61.4 Å². The summed E-state index contributed by atoms with van der Waals surface area (Å²) in [5.74, 6) is -1.24. The molecule has 1 aliphatic carbocycles. The molecule has 2 aromatic carbocycles. The predicted molar refractivity (Wildman–Crippen MR) is 152 cm³/mol. The molecule has 0 bridgehead atoms. The van der Waals surface area contributed by atoms with Crippen LogP contribution < -0.4 is 16.1 Å². The average molecular weight is 601 g/mol. The number of aliphatic imine (C=N–C) groups is 1. The molecule has 1 unspecified atom stereocenters. The maximum absolute atomic E-state index is 13.1. The third-order valence-electron chi connectivity index (χ3n) is 7.11. The van der Waals surface area contributed by atoms with Gasteiger partial charge in [0.25, 0.3) is 0 Å². The van der Waals surface area contributed by atoms with Gasteiger partial charge in [-0.3, -0.25) is 5.43 Å². The highest BCUT2D eigenvalue weighted by Gasteiger charge is 2.41. The van der Waals surface area contributed by atoms with E-state index < -0.39 is 18.1 Å². The van der Waals surface area contributed by atoms with E-state index in [1.807, 2.05) is 5.01 Å². The van der Waals surface area contributed by atoms with Gasteiger partial charge in [0.05, 0.1) is 24.1 Å². The largest absolute Gasteiger partial charge is 0.462 e. The maximum Gasteiger partial charge on any atom is 0.391 e. The zero-order valence-corrected chi connectivity index (χ0v) is 23.8. The third-order valence-corrected chi connectivity index (χ3v) is 7.69. The molecule has 40 heavy (non-hydrogen) atoms. The number of alkyl halides is 3. The van der Waals surface area contributed by atoms with Gasteiger partial charge in [-0.1, -0.05) is 29.3 Å². The Balaban J connectivity index is 1.36. The van der Waals surface area contributed by atoms with Crippen LogP contribution in [0.4, 0.5) is 18.9 Å². The number of piperazine rings is 1. The van der Waals surface area contributed by atoms with Crippen LogP contribution >= 0.6 is 23.2 Å². The molecule has 1 saturated heterocycles. The number of ether oxygens (including phenoxy) is 1. The number of hydrazine groups is 1. The lowest BCUT2D eigenvalue weighted by Crippen LogP contribution is -2.57. The van der Waals surface area contributed by atoms with Crippen molar-refractivity contribution in [2.45, 2.75) is 57.3 Å². The zero-order chi connectivity index (χ0) is 28.7. The molecule has 2 aliphatic rings. The van der Waals surface area contributed by atoms with E-state index in [1.165, 1.54) is 0 Å². The van der Waals surface area contributed by atoms with Gasteiger partial charge >= 0.3 is 12.1 Å². The predicted octanol–water partition coefficient (Wildman–Crippen LogP) is 6.08. The zero-order valence-electron chi connectivity index (χ0n) is 22.2. The fraction of sp³-hybridized carbons (Fsp3) is 0.500. The smallest absolute Gasteiger partial charge is 0.391 e. The molecule has 1 aliphatic heterocycles. The number of carbonyl (C=O) groups excluding carboxylic acids is 1. The number of anilines is 1. The fourth-order valence-corrected chi connectivity index (χ4v) is 5.38. The molecule has 7 nitrogen and oxygen atoms in total. The molecule has 0 amide bonds. The van der Waals surface area contributed by atoms with Crippen LogP contribution in [-0.2, 0) is 11.2 Å². The Morgan fingerprint density at radius 1 is 1.12 bits per heavy atom. The van der Waals surface area contributed by atoms with E-state index in [9.17, 15) is 18.0 Å². The van der Waals surface area contributed by atoms with Crippen molar-refractivity contribution in [1.82, 2.24) is 15.8 Å². The van der Waals surface area contributed by atoms with Crippen molar-refractivity contribution in [1.29, 1.82) is 0 Å². The van der Waals surface area contributed by atoms with Crippen molar-refractivity contribution in [3.8, 4) is 0 Å². The molecule has 1 atom stereocenters. The summed E-state index contributed by atoms with van der Waals surface area (Å²) < 4.78 is 44.7. The minimum Gasteiger partial charge on any atom is -0.462 e. The molecule has 2 fully saturated rings. The molecule has 218 valence electrons. The minimum atomic E-state index is -4.16. The van der Waals surface area contributed by atoms with Crippen molar-refractivity contribution >= 4 is 40.8 Å². The number of carbonyl (C=O) groups is 1. The topological polar surface area (TPSA) is 78.0 Å². The van der Waals surface area contributed by atoms with E-state index in [2.05, 4.69) is 23.0 Å². The molecule has 12 heteroatoms. The van der Waals surface area contributed by atoms with Gasteiger partial charge in [-0.25, -0.2) is 14.8 Å². The van der Waals surface area contributed by atoms with Gasteiger partial charge in [0.15, 0.2) is 0 Å². The molecule has 1 heterocycles. The summed E-state index contributed by atoms with van der Waals surface area (Å²) in [6.07, 6.45) is -2.78. The molecule has 2 aromatic rings. The molecule has 3 N–H and O–H groups in total. The van der Waals surface area contributed by atoms with Gasteiger partial charge in [0.1, 0.15) is 0 Å². The number of nitrogens with zero attached hydrogens (tertiary/aromatic N) is 2. The molecule has 4 rings (SSSR count). The quantitative estimate of drug-likeness (QED) is 0.203. The lowest BCUT2D eigenvalue weighted by Gasteiger charge is -2.34. The van der Waals surface area contributed by atoms with Gasteiger partial charge in [-0.05, 0) is 74.6 Å². The number of benzene rings is 2.